The Bertz CT molecular complexity index is 570. The SMILES string of the molecule is COC(=O)N1CCCC(CN(NC(=O)OC(C)(C)C)C(=O)N2CCCCCC2)C1. The lowest BCUT2D eigenvalue weighted by atomic mass is 9.98. The van der Waals surface area contributed by atoms with Crippen molar-refractivity contribution < 1.29 is 23.9 Å². The molecule has 2 rings (SSSR count). The molecule has 0 aromatic carbocycles. The Balaban J connectivity index is 2.07. The minimum atomic E-state index is -0.659. The highest BCUT2D eigenvalue weighted by Crippen LogP contribution is 2.20. The molecule has 1 unspecified atom stereocenters. The predicted molar refractivity (Wildman–Crippen MR) is 108 cm³/mol. The summed E-state index contributed by atoms with van der Waals surface area (Å²) >= 11 is 0. The van der Waals surface area contributed by atoms with Crippen LogP contribution in [0.4, 0.5) is 14.4 Å². The fourth-order valence-electron chi connectivity index (χ4n) is 3.78. The first-order valence-electron chi connectivity index (χ1n) is 10.6. The lowest BCUT2D eigenvalue weighted by Crippen LogP contribution is -2.56. The van der Waals surface area contributed by atoms with E-state index >= 15 is 0 Å². The third-order valence-corrected chi connectivity index (χ3v) is 5.13. The van der Waals surface area contributed by atoms with Crippen LogP contribution in [0.3, 0.4) is 0 Å². The van der Waals surface area contributed by atoms with Crippen LogP contribution in [0.2, 0.25) is 0 Å². The van der Waals surface area contributed by atoms with Gasteiger partial charge in [-0.1, -0.05) is 12.8 Å². The molecule has 0 saturated carbocycles. The number of nitrogens with zero attached hydrogens (tertiary/aromatic N) is 3. The third-order valence-electron chi connectivity index (χ3n) is 5.13. The van der Waals surface area contributed by atoms with Gasteiger partial charge in [0.05, 0.1) is 7.11 Å². The van der Waals surface area contributed by atoms with Gasteiger partial charge < -0.3 is 19.3 Å². The summed E-state index contributed by atoms with van der Waals surface area (Å²) in [4.78, 5) is 40.9. The predicted octanol–water partition coefficient (Wildman–Crippen LogP) is 3.20. The number of urea groups is 1. The fourth-order valence-corrected chi connectivity index (χ4v) is 3.78. The van der Waals surface area contributed by atoms with Gasteiger partial charge in [-0.2, -0.15) is 0 Å². The monoisotopic (exact) mass is 412 g/mol. The second kappa shape index (κ2) is 10.5. The van der Waals surface area contributed by atoms with E-state index in [0.717, 1.165) is 38.5 Å². The smallest absolute Gasteiger partial charge is 0.426 e. The van der Waals surface area contributed by atoms with Gasteiger partial charge in [0.25, 0.3) is 0 Å². The Morgan fingerprint density at radius 2 is 1.62 bits per heavy atom. The zero-order valence-electron chi connectivity index (χ0n) is 18.2. The molecule has 0 radical (unpaired) electrons. The molecule has 2 fully saturated rings. The topological polar surface area (TPSA) is 91.4 Å². The number of likely N-dealkylation sites (tertiary alicyclic amines) is 2. The van der Waals surface area contributed by atoms with Gasteiger partial charge in [0.1, 0.15) is 5.60 Å². The summed E-state index contributed by atoms with van der Waals surface area (Å²) in [5, 5.41) is 1.37. The van der Waals surface area contributed by atoms with E-state index in [1.165, 1.54) is 12.1 Å². The zero-order chi connectivity index (χ0) is 21.4. The Hall–Kier alpha value is -2.19. The number of hydrazine groups is 1. The van der Waals surface area contributed by atoms with Gasteiger partial charge in [-0.25, -0.2) is 24.8 Å². The third kappa shape index (κ3) is 7.62. The van der Waals surface area contributed by atoms with Crippen molar-refractivity contribution in [1.29, 1.82) is 0 Å². The lowest BCUT2D eigenvalue weighted by molar-refractivity contribution is 0.0295. The molecule has 4 amide bonds. The minimum Gasteiger partial charge on any atom is -0.453 e. The van der Waals surface area contributed by atoms with E-state index in [4.69, 9.17) is 9.47 Å². The first-order chi connectivity index (χ1) is 13.7. The van der Waals surface area contributed by atoms with Crippen LogP contribution in [0.5, 0.6) is 0 Å². The van der Waals surface area contributed by atoms with E-state index in [9.17, 15) is 14.4 Å². The summed E-state index contributed by atoms with van der Waals surface area (Å²) < 4.78 is 10.2. The number of nitrogens with one attached hydrogen (secondary N) is 1. The molecule has 0 aliphatic carbocycles. The molecule has 2 aliphatic heterocycles. The molecule has 29 heavy (non-hydrogen) atoms. The molecular formula is C20H36N4O5. The highest BCUT2D eigenvalue weighted by atomic mass is 16.6. The van der Waals surface area contributed by atoms with Gasteiger partial charge in [-0.3, -0.25) is 0 Å². The van der Waals surface area contributed by atoms with Crippen molar-refractivity contribution in [2.75, 3.05) is 39.8 Å². The van der Waals surface area contributed by atoms with E-state index in [2.05, 4.69) is 5.43 Å². The van der Waals surface area contributed by atoms with Crippen molar-refractivity contribution in [3.63, 3.8) is 0 Å². The van der Waals surface area contributed by atoms with Crippen LogP contribution in [0.25, 0.3) is 0 Å². The first kappa shape index (κ1) is 23.1. The van der Waals surface area contributed by atoms with Crippen LogP contribution in [-0.4, -0.2) is 78.5 Å². The maximum absolute atomic E-state index is 13.2. The molecule has 0 aromatic heterocycles. The van der Waals surface area contributed by atoms with Crippen LogP contribution in [-0.2, 0) is 9.47 Å². The number of rotatable bonds is 2. The molecule has 9 nitrogen and oxygen atoms in total. The van der Waals surface area contributed by atoms with Crippen LogP contribution >= 0.6 is 0 Å². The van der Waals surface area contributed by atoms with E-state index < -0.39 is 11.7 Å². The molecule has 2 aliphatic rings. The van der Waals surface area contributed by atoms with Gasteiger partial charge in [0, 0.05) is 32.7 Å². The summed E-state index contributed by atoms with van der Waals surface area (Å²) in [5.74, 6) is 0.0497. The number of piperidine rings is 1. The van der Waals surface area contributed by atoms with Gasteiger partial charge >= 0.3 is 18.2 Å². The Morgan fingerprint density at radius 1 is 1.00 bits per heavy atom. The van der Waals surface area contributed by atoms with E-state index in [1.807, 2.05) is 0 Å². The van der Waals surface area contributed by atoms with E-state index in [1.54, 1.807) is 30.6 Å². The number of ether oxygens (including phenoxy) is 2. The van der Waals surface area contributed by atoms with Crippen molar-refractivity contribution in [2.45, 2.75) is 64.9 Å². The highest BCUT2D eigenvalue weighted by Gasteiger charge is 2.31. The molecule has 1 N–H and O–H groups in total. The average molecular weight is 413 g/mol. The van der Waals surface area contributed by atoms with Crippen molar-refractivity contribution in [3.05, 3.63) is 0 Å². The Kier molecular flexibility index (Phi) is 8.40. The number of amides is 4. The van der Waals surface area contributed by atoms with Crippen LogP contribution in [0.15, 0.2) is 0 Å². The van der Waals surface area contributed by atoms with Gasteiger partial charge in [0.2, 0.25) is 0 Å². The molecule has 0 bridgehead atoms. The number of carbonyl (C=O) groups is 3. The van der Waals surface area contributed by atoms with Crippen molar-refractivity contribution in [3.8, 4) is 0 Å². The maximum Gasteiger partial charge on any atom is 0.426 e. The standard InChI is InChI=1S/C20H36N4O5/c1-20(2,3)29-17(25)21-24(18(26)22-11-7-5-6-8-12-22)15-16-10-9-13-23(14-16)19(27)28-4/h16H,5-15H2,1-4H3,(H,21,25). The summed E-state index contributed by atoms with van der Waals surface area (Å²) in [6, 6.07) is -0.215. The minimum absolute atomic E-state index is 0.0497. The number of carbonyl (C=O) groups excluding carboxylic acids is 3. The summed E-state index contributed by atoms with van der Waals surface area (Å²) in [6.45, 7) is 8.17. The molecule has 9 heteroatoms. The zero-order valence-corrected chi connectivity index (χ0v) is 18.2. The molecule has 0 aromatic rings. The highest BCUT2D eigenvalue weighted by molar-refractivity contribution is 5.78. The largest absolute Gasteiger partial charge is 0.453 e. The summed E-state index contributed by atoms with van der Waals surface area (Å²) in [5.41, 5.74) is 1.98. The number of methoxy groups -OCH3 is 1. The average Bonchev–Trinajstić information content (AvgIpc) is 2.94. The van der Waals surface area contributed by atoms with Crippen molar-refractivity contribution >= 4 is 18.2 Å². The number of hydrogen-bond donors (Lipinski definition) is 1. The molecule has 1 atom stereocenters. The van der Waals surface area contributed by atoms with E-state index in [-0.39, 0.29) is 18.0 Å². The van der Waals surface area contributed by atoms with Gasteiger partial charge in [-0.15, -0.1) is 0 Å². The fraction of sp³-hybridized carbons (Fsp3) is 0.850. The Labute approximate surface area is 173 Å². The second-order valence-corrected chi connectivity index (χ2v) is 8.83. The maximum atomic E-state index is 13.2. The lowest BCUT2D eigenvalue weighted by Gasteiger charge is -2.36. The quantitative estimate of drug-likeness (QED) is 0.703. The van der Waals surface area contributed by atoms with Crippen LogP contribution < -0.4 is 5.43 Å². The molecular weight excluding hydrogens is 376 g/mol. The molecule has 0 spiro atoms. The van der Waals surface area contributed by atoms with Crippen molar-refractivity contribution in [2.24, 2.45) is 5.92 Å². The Morgan fingerprint density at radius 3 is 2.21 bits per heavy atom. The van der Waals surface area contributed by atoms with Crippen LogP contribution in [0.1, 0.15) is 59.3 Å². The van der Waals surface area contributed by atoms with Crippen LogP contribution in [0, 0.1) is 5.92 Å². The van der Waals surface area contributed by atoms with E-state index in [0.29, 0.717) is 32.7 Å². The van der Waals surface area contributed by atoms with Gasteiger partial charge in [0.15, 0.2) is 0 Å². The summed E-state index contributed by atoms with van der Waals surface area (Å²) in [7, 11) is 1.37. The van der Waals surface area contributed by atoms with Crippen molar-refractivity contribution in [1.82, 2.24) is 20.2 Å². The summed E-state index contributed by atoms with van der Waals surface area (Å²) in [6.07, 6.45) is 4.84. The molecule has 166 valence electrons. The second-order valence-electron chi connectivity index (χ2n) is 8.83. The molecule has 2 saturated heterocycles. The first-order valence-corrected chi connectivity index (χ1v) is 10.6. The number of hydrogen-bond acceptors (Lipinski definition) is 5. The molecule has 2 heterocycles. The normalized spacial score (nSPS) is 20.5. The van der Waals surface area contributed by atoms with Gasteiger partial charge in [-0.05, 0) is 52.4 Å².